The molecule has 0 amide bonds. The van der Waals surface area contributed by atoms with Gasteiger partial charge in [-0.05, 0) is 29.0 Å². The van der Waals surface area contributed by atoms with Gasteiger partial charge < -0.3 is 5.11 Å². The second-order valence-corrected chi connectivity index (χ2v) is 6.14. The largest absolute Gasteiger partial charge is 1.00 e. The summed E-state index contributed by atoms with van der Waals surface area (Å²) in [7, 11) is 0. The van der Waals surface area contributed by atoms with Crippen LogP contribution in [-0.4, -0.2) is 4.98 Å². The summed E-state index contributed by atoms with van der Waals surface area (Å²) >= 11 is 0. The zero-order valence-electron chi connectivity index (χ0n) is 14.4. The number of nitrogens with one attached hydrogen (secondary N) is 1. The molecule has 0 saturated heterocycles. The molecule has 5 aromatic rings. The zero-order valence-corrected chi connectivity index (χ0v) is 14.4. The molecule has 26 heavy (non-hydrogen) atoms. The molecule has 0 aliphatic rings. The van der Waals surface area contributed by atoms with Gasteiger partial charge in [-0.15, -0.1) is 0 Å². The fourth-order valence-corrected chi connectivity index (χ4v) is 3.46. The number of fused-ring (bicyclic) bond motifs is 4. The number of nitrogens with zero attached hydrogens (tertiary/aromatic N) is 1. The SMILES string of the molecule is [Li+].[O-]c1ccc2ccccc2c1-c1ccc2ccc3cccnc3c2[nH+]1. The maximum Gasteiger partial charge on any atom is 1.00 e. The van der Waals surface area contributed by atoms with Crippen molar-refractivity contribution in [1.29, 1.82) is 0 Å². The van der Waals surface area contributed by atoms with Crippen LogP contribution in [0.25, 0.3) is 43.8 Å². The van der Waals surface area contributed by atoms with E-state index >= 15 is 0 Å². The third-order valence-electron chi connectivity index (χ3n) is 4.66. The average Bonchev–Trinajstić information content (AvgIpc) is 2.67. The van der Waals surface area contributed by atoms with E-state index in [1.807, 2.05) is 54.6 Å². The van der Waals surface area contributed by atoms with E-state index in [9.17, 15) is 5.11 Å². The van der Waals surface area contributed by atoms with Gasteiger partial charge in [-0.1, -0.05) is 54.3 Å². The Hall–Kier alpha value is -2.86. The number of aromatic amines is 1. The third-order valence-corrected chi connectivity index (χ3v) is 4.66. The number of rotatable bonds is 1. The van der Waals surface area contributed by atoms with Gasteiger partial charge in [0, 0.05) is 28.6 Å². The van der Waals surface area contributed by atoms with Crippen LogP contribution in [0.15, 0.2) is 79.0 Å². The Labute approximate surface area is 162 Å². The molecule has 2 aromatic heterocycles. The first-order valence-electron chi connectivity index (χ1n) is 8.20. The quantitative estimate of drug-likeness (QED) is 0.342. The van der Waals surface area contributed by atoms with Crippen molar-refractivity contribution in [3.8, 4) is 17.0 Å². The Morgan fingerprint density at radius 3 is 2.38 bits per heavy atom. The second-order valence-electron chi connectivity index (χ2n) is 6.14. The van der Waals surface area contributed by atoms with Crippen LogP contribution in [0.4, 0.5) is 0 Å². The molecule has 0 aliphatic carbocycles. The summed E-state index contributed by atoms with van der Waals surface area (Å²) in [5.41, 5.74) is 3.37. The summed E-state index contributed by atoms with van der Waals surface area (Å²) in [6.45, 7) is 0. The maximum absolute atomic E-state index is 12.6. The zero-order chi connectivity index (χ0) is 16.8. The van der Waals surface area contributed by atoms with Crippen LogP contribution in [-0.2, 0) is 0 Å². The molecule has 0 radical (unpaired) electrons. The van der Waals surface area contributed by atoms with Crippen LogP contribution in [0.3, 0.4) is 0 Å². The first-order valence-corrected chi connectivity index (χ1v) is 8.20. The minimum absolute atomic E-state index is 0. The second kappa shape index (κ2) is 6.46. The molecule has 3 nitrogen and oxygen atoms in total. The van der Waals surface area contributed by atoms with E-state index in [4.69, 9.17) is 0 Å². The van der Waals surface area contributed by atoms with Crippen molar-refractivity contribution in [3.63, 3.8) is 0 Å². The maximum atomic E-state index is 12.6. The molecule has 118 valence electrons. The van der Waals surface area contributed by atoms with E-state index in [1.54, 1.807) is 12.3 Å². The van der Waals surface area contributed by atoms with E-state index in [1.165, 1.54) is 0 Å². The Morgan fingerprint density at radius 2 is 1.46 bits per heavy atom. The average molecular weight is 329 g/mol. The van der Waals surface area contributed by atoms with Crippen LogP contribution < -0.4 is 29.0 Å². The fraction of sp³-hybridized carbons (Fsp3) is 0. The normalized spacial score (nSPS) is 10.9. The summed E-state index contributed by atoms with van der Waals surface area (Å²) in [6, 6.07) is 23.6. The molecule has 3 aromatic carbocycles. The molecular formula is C22H14LiN2O+. The standard InChI is InChI=1S/C22H14N2O.Li/c25-19-12-10-14-4-1-2-6-17(14)20(19)18-11-9-16-8-7-15-5-3-13-23-21(15)22(16)24-18;/h1-13,25H;/q;+1. The predicted molar refractivity (Wildman–Crippen MR) is 98.2 cm³/mol. The van der Waals surface area contributed by atoms with E-state index in [0.29, 0.717) is 5.56 Å². The molecule has 0 unspecified atom stereocenters. The fourth-order valence-electron chi connectivity index (χ4n) is 3.46. The van der Waals surface area contributed by atoms with Crippen LogP contribution in [0.2, 0.25) is 0 Å². The molecule has 2 heterocycles. The topological polar surface area (TPSA) is 50.1 Å². The monoisotopic (exact) mass is 329 g/mol. The van der Waals surface area contributed by atoms with Gasteiger partial charge in [0.25, 0.3) is 0 Å². The molecule has 0 bridgehead atoms. The Balaban J connectivity index is 0.00000168. The number of H-pyrrole nitrogens is 1. The van der Waals surface area contributed by atoms with Crippen LogP contribution in [0.1, 0.15) is 0 Å². The van der Waals surface area contributed by atoms with Gasteiger partial charge >= 0.3 is 18.9 Å². The number of hydrogen-bond donors (Lipinski definition) is 0. The first kappa shape index (κ1) is 16.6. The summed E-state index contributed by atoms with van der Waals surface area (Å²) in [6.07, 6.45) is 1.79. The van der Waals surface area contributed by atoms with Crippen LogP contribution >= 0.6 is 0 Å². The van der Waals surface area contributed by atoms with Crippen molar-refractivity contribution >= 4 is 32.6 Å². The van der Waals surface area contributed by atoms with E-state index in [2.05, 4.69) is 22.1 Å². The number of pyridine rings is 2. The first-order chi connectivity index (χ1) is 12.3. The van der Waals surface area contributed by atoms with Gasteiger partial charge in [-0.25, -0.2) is 9.97 Å². The number of benzene rings is 3. The molecule has 0 spiro atoms. The smallest absolute Gasteiger partial charge is 0.872 e. The van der Waals surface area contributed by atoms with E-state index in [-0.39, 0.29) is 24.6 Å². The Bertz CT molecular complexity index is 1270. The third kappa shape index (κ3) is 2.54. The van der Waals surface area contributed by atoms with Gasteiger partial charge in [0.1, 0.15) is 5.52 Å². The molecule has 0 fully saturated rings. The summed E-state index contributed by atoms with van der Waals surface area (Å²) in [4.78, 5) is 7.98. The van der Waals surface area contributed by atoms with Crippen molar-refractivity contribution in [2.45, 2.75) is 0 Å². The van der Waals surface area contributed by atoms with Gasteiger partial charge in [0.2, 0.25) is 11.2 Å². The van der Waals surface area contributed by atoms with Gasteiger partial charge in [-0.3, -0.25) is 0 Å². The number of hydrogen-bond acceptors (Lipinski definition) is 2. The van der Waals surface area contributed by atoms with Crippen molar-refractivity contribution in [2.24, 2.45) is 0 Å². The Morgan fingerprint density at radius 1 is 0.731 bits per heavy atom. The van der Waals surface area contributed by atoms with Crippen molar-refractivity contribution < 1.29 is 29.0 Å². The van der Waals surface area contributed by atoms with E-state index < -0.39 is 0 Å². The van der Waals surface area contributed by atoms with Gasteiger partial charge in [0.15, 0.2) is 0 Å². The summed E-state index contributed by atoms with van der Waals surface area (Å²) < 4.78 is 0. The minimum Gasteiger partial charge on any atom is -0.872 e. The molecule has 0 atom stereocenters. The molecular weight excluding hydrogens is 315 g/mol. The molecule has 0 aliphatic heterocycles. The molecule has 0 saturated carbocycles. The van der Waals surface area contributed by atoms with Crippen molar-refractivity contribution in [2.75, 3.05) is 0 Å². The van der Waals surface area contributed by atoms with Gasteiger partial charge in [-0.2, -0.15) is 0 Å². The molecule has 1 N–H and O–H groups in total. The Kier molecular flexibility index (Phi) is 4.12. The van der Waals surface area contributed by atoms with Gasteiger partial charge in [0.05, 0.1) is 0 Å². The number of aromatic nitrogens is 2. The van der Waals surface area contributed by atoms with E-state index in [0.717, 1.165) is 38.3 Å². The van der Waals surface area contributed by atoms with Crippen molar-refractivity contribution in [1.82, 2.24) is 4.98 Å². The summed E-state index contributed by atoms with van der Waals surface area (Å²) in [5, 5.41) is 16.8. The predicted octanol–water partition coefficient (Wildman–Crippen LogP) is 1.10. The molecule has 5 rings (SSSR count). The minimum atomic E-state index is 0. The van der Waals surface area contributed by atoms with Crippen LogP contribution in [0, 0.1) is 0 Å². The van der Waals surface area contributed by atoms with Crippen LogP contribution in [0.5, 0.6) is 5.75 Å². The van der Waals surface area contributed by atoms with Crippen molar-refractivity contribution in [3.05, 3.63) is 79.0 Å². The summed E-state index contributed by atoms with van der Waals surface area (Å²) in [5.74, 6) is 0.0162. The molecule has 4 heteroatoms.